The van der Waals surface area contributed by atoms with Gasteiger partial charge in [0.25, 0.3) is 5.91 Å². The highest BCUT2D eigenvalue weighted by atomic mass is 79.9. The number of aryl methyl sites for hydroxylation is 1. The van der Waals surface area contributed by atoms with Crippen molar-refractivity contribution in [2.24, 2.45) is 0 Å². The monoisotopic (exact) mass is 328 g/mol. The van der Waals surface area contributed by atoms with Gasteiger partial charge < -0.3 is 15.4 Å². The van der Waals surface area contributed by atoms with E-state index in [0.717, 1.165) is 23.0 Å². The quantitative estimate of drug-likeness (QED) is 0.755. The van der Waals surface area contributed by atoms with Gasteiger partial charge in [-0.05, 0) is 67.5 Å². The van der Waals surface area contributed by atoms with Crippen LogP contribution in [0.5, 0.6) is 5.75 Å². The van der Waals surface area contributed by atoms with Crippen LogP contribution < -0.4 is 15.4 Å². The van der Waals surface area contributed by atoms with Crippen molar-refractivity contribution >= 4 is 21.8 Å². The lowest BCUT2D eigenvalue weighted by molar-refractivity contribution is -0.127. The molecule has 4 nitrogen and oxygen atoms in total. The van der Waals surface area contributed by atoms with Gasteiger partial charge in [0.15, 0.2) is 6.10 Å². The first kappa shape index (κ1) is 16.0. The van der Waals surface area contributed by atoms with Crippen LogP contribution in [0.3, 0.4) is 0 Å². The summed E-state index contributed by atoms with van der Waals surface area (Å²) in [7, 11) is 1.89. The Morgan fingerprint density at radius 1 is 1.42 bits per heavy atom. The average molecular weight is 329 g/mol. The lowest BCUT2D eigenvalue weighted by Crippen LogP contribution is -2.37. The number of hydrogen-bond acceptors (Lipinski definition) is 3. The Bertz CT molecular complexity index is 424. The number of benzene rings is 1. The Labute approximate surface area is 123 Å². The molecule has 0 saturated heterocycles. The summed E-state index contributed by atoms with van der Waals surface area (Å²) in [6.07, 6.45) is 0.400. The summed E-state index contributed by atoms with van der Waals surface area (Å²) in [6.45, 7) is 5.30. The largest absolute Gasteiger partial charge is 0.480 e. The van der Waals surface area contributed by atoms with Crippen molar-refractivity contribution in [3.63, 3.8) is 0 Å². The minimum atomic E-state index is -0.506. The van der Waals surface area contributed by atoms with E-state index in [9.17, 15) is 4.79 Å². The second-order valence-corrected chi connectivity index (χ2v) is 5.30. The van der Waals surface area contributed by atoms with Gasteiger partial charge in [0.2, 0.25) is 0 Å². The molecule has 0 spiro atoms. The van der Waals surface area contributed by atoms with Gasteiger partial charge in [-0.3, -0.25) is 4.79 Å². The van der Waals surface area contributed by atoms with Crippen LogP contribution in [-0.4, -0.2) is 32.1 Å². The first-order valence-electron chi connectivity index (χ1n) is 6.39. The molecule has 0 aliphatic carbocycles. The van der Waals surface area contributed by atoms with E-state index < -0.39 is 6.10 Å². The first-order valence-corrected chi connectivity index (χ1v) is 7.19. The van der Waals surface area contributed by atoms with Crippen LogP contribution in [0, 0.1) is 6.92 Å². The van der Waals surface area contributed by atoms with E-state index in [-0.39, 0.29) is 5.91 Å². The number of hydrogen-bond donors (Lipinski definition) is 2. The van der Waals surface area contributed by atoms with E-state index in [2.05, 4.69) is 26.6 Å². The number of ether oxygens (including phenoxy) is 1. The normalized spacial score (nSPS) is 12.0. The van der Waals surface area contributed by atoms with Crippen molar-refractivity contribution in [1.82, 2.24) is 10.6 Å². The van der Waals surface area contributed by atoms with E-state index >= 15 is 0 Å². The fourth-order valence-electron chi connectivity index (χ4n) is 1.57. The molecule has 0 bridgehead atoms. The molecule has 1 rings (SSSR count). The highest BCUT2D eigenvalue weighted by molar-refractivity contribution is 9.10. The molecule has 5 heteroatoms. The minimum Gasteiger partial charge on any atom is -0.480 e. The SMILES string of the molecule is CNCCCNC(=O)C(C)Oc1ccc(C)cc1Br. The molecule has 1 aromatic rings. The zero-order valence-corrected chi connectivity index (χ0v) is 13.2. The molecule has 0 saturated carbocycles. The van der Waals surface area contributed by atoms with Gasteiger partial charge in [0.05, 0.1) is 4.47 Å². The molecule has 2 N–H and O–H groups in total. The molecule has 0 radical (unpaired) electrons. The standard InChI is InChI=1S/C14H21BrN2O2/c1-10-5-6-13(12(15)9-10)19-11(2)14(18)17-8-4-7-16-3/h5-6,9,11,16H,4,7-8H2,1-3H3,(H,17,18). The summed E-state index contributed by atoms with van der Waals surface area (Å²) in [5.74, 6) is 0.590. The Balaban J connectivity index is 2.45. The molecule has 1 atom stereocenters. The van der Waals surface area contributed by atoms with E-state index in [1.807, 2.05) is 32.2 Å². The molecule has 0 heterocycles. The van der Waals surface area contributed by atoms with Crippen molar-refractivity contribution < 1.29 is 9.53 Å². The van der Waals surface area contributed by atoms with Crippen molar-refractivity contribution in [3.05, 3.63) is 28.2 Å². The first-order chi connectivity index (χ1) is 9.04. The number of carbonyl (C=O) groups excluding carboxylic acids is 1. The maximum absolute atomic E-state index is 11.8. The molecule has 1 aromatic carbocycles. The van der Waals surface area contributed by atoms with E-state index in [4.69, 9.17) is 4.74 Å². The second-order valence-electron chi connectivity index (χ2n) is 4.44. The number of amides is 1. The van der Waals surface area contributed by atoms with Gasteiger partial charge in [0.1, 0.15) is 5.75 Å². The number of rotatable bonds is 7. The maximum atomic E-state index is 11.8. The Morgan fingerprint density at radius 2 is 2.16 bits per heavy atom. The summed E-state index contributed by atoms with van der Waals surface area (Å²) < 4.78 is 6.51. The highest BCUT2D eigenvalue weighted by Crippen LogP contribution is 2.26. The van der Waals surface area contributed by atoms with Crippen LogP contribution in [0.2, 0.25) is 0 Å². The van der Waals surface area contributed by atoms with E-state index in [1.54, 1.807) is 6.92 Å². The zero-order valence-electron chi connectivity index (χ0n) is 11.6. The predicted molar refractivity (Wildman–Crippen MR) is 80.5 cm³/mol. The van der Waals surface area contributed by atoms with Crippen LogP contribution in [0.1, 0.15) is 18.9 Å². The molecule has 0 aliphatic heterocycles. The number of halogens is 1. The molecule has 1 unspecified atom stereocenters. The highest BCUT2D eigenvalue weighted by Gasteiger charge is 2.15. The second kappa shape index (κ2) is 8.17. The topological polar surface area (TPSA) is 50.4 Å². The molecule has 1 amide bonds. The van der Waals surface area contributed by atoms with Crippen LogP contribution in [0.15, 0.2) is 22.7 Å². The van der Waals surface area contributed by atoms with Crippen molar-refractivity contribution in [1.29, 1.82) is 0 Å². The number of nitrogens with one attached hydrogen (secondary N) is 2. The Morgan fingerprint density at radius 3 is 2.79 bits per heavy atom. The van der Waals surface area contributed by atoms with Crippen LogP contribution in [-0.2, 0) is 4.79 Å². The van der Waals surface area contributed by atoms with Gasteiger partial charge in [-0.25, -0.2) is 0 Å². The lowest BCUT2D eigenvalue weighted by atomic mass is 10.2. The van der Waals surface area contributed by atoms with Gasteiger partial charge >= 0.3 is 0 Å². The third kappa shape index (κ3) is 5.61. The van der Waals surface area contributed by atoms with Gasteiger partial charge in [-0.15, -0.1) is 0 Å². The lowest BCUT2D eigenvalue weighted by Gasteiger charge is -2.16. The van der Waals surface area contributed by atoms with Crippen molar-refractivity contribution in [2.45, 2.75) is 26.4 Å². The summed E-state index contributed by atoms with van der Waals surface area (Å²) in [6, 6.07) is 5.79. The molecule has 0 fully saturated rings. The molecule has 106 valence electrons. The molecular weight excluding hydrogens is 308 g/mol. The third-order valence-electron chi connectivity index (χ3n) is 2.66. The molecule has 0 aromatic heterocycles. The summed E-state index contributed by atoms with van der Waals surface area (Å²) >= 11 is 3.43. The van der Waals surface area contributed by atoms with E-state index in [1.165, 1.54) is 0 Å². The third-order valence-corrected chi connectivity index (χ3v) is 3.28. The fraction of sp³-hybridized carbons (Fsp3) is 0.500. The van der Waals surface area contributed by atoms with Gasteiger partial charge in [-0.1, -0.05) is 6.07 Å². The van der Waals surface area contributed by atoms with Gasteiger partial charge in [-0.2, -0.15) is 0 Å². The Kier molecular flexibility index (Phi) is 6.87. The number of carbonyl (C=O) groups is 1. The van der Waals surface area contributed by atoms with Gasteiger partial charge in [0, 0.05) is 6.54 Å². The predicted octanol–water partition coefficient (Wildman–Crippen LogP) is 2.25. The van der Waals surface area contributed by atoms with Crippen LogP contribution >= 0.6 is 15.9 Å². The molecule has 19 heavy (non-hydrogen) atoms. The summed E-state index contributed by atoms with van der Waals surface area (Å²) in [4.78, 5) is 11.8. The zero-order chi connectivity index (χ0) is 14.3. The maximum Gasteiger partial charge on any atom is 0.260 e. The fourth-order valence-corrected chi connectivity index (χ4v) is 2.15. The molecular formula is C14H21BrN2O2. The average Bonchev–Trinajstić information content (AvgIpc) is 2.37. The summed E-state index contributed by atoms with van der Waals surface area (Å²) in [5, 5.41) is 5.88. The summed E-state index contributed by atoms with van der Waals surface area (Å²) in [5.41, 5.74) is 1.14. The van der Waals surface area contributed by atoms with Crippen LogP contribution in [0.4, 0.5) is 0 Å². The Hall–Kier alpha value is -1.07. The van der Waals surface area contributed by atoms with Crippen molar-refractivity contribution in [2.75, 3.05) is 20.1 Å². The smallest absolute Gasteiger partial charge is 0.260 e. The van der Waals surface area contributed by atoms with E-state index in [0.29, 0.717) is 12.3 Å². The van der Waals surface area contributed by atoms with Crippen molar-refractivity contribution in [3.8, 4) is 5.75 Å². The molecule has 0 aliphatic rings. The van der Waals surface area contributed by atoms with Crippen LogP contribution in [0.25, 0.3) is 0 Å². The minimum absolute atomic E-state index is 0.0939.